The summed E-state index contributed by atoms with van der Waals surface area (Å²) in [6.45, 7) is 0.537. The summed E-state index contributed by atoms with van der Waals surface area (Å²) in [7, 11) is 0. The molecule has 0 aliphatic carbocycles. The number of carbonyl (C=O) groups is 3. The summed E-state index contributed by atoms with van der Waals surface area (Å²) in [5.41, 5.74) is 0. The van der Waals surface area contributed by atoms with Gasteiger partial charge in [0.25, 0.3) is 0 Å². The number of thiazole rings is 1. The molecule has 1 aliphatic heterocycles. The number of nitrogens with one attached hydrogen (secondary N) is 2. The van der Waals surface area contributed by atoms with Crippen LogP contribution in [0.2, 0.25) is 0 Å². The van der Waals surface area contributed by atoms with Gasteiger partial charge in [-0.3, -0.25) is 14.9 Å². The highest BCUT2D eigenvalue weighted by Crippen LogP contribution is 2.16. The Kier molecular flexibility index (Phi) is 4.27. The van der Waals surface area contributed by atoms with Gasteiger partial charge in [0.05, 0.1) is 6.20 Å². The van der Waals surface area contributed by atoms with E-state index in [9.17, 15) is 14.4 Å². The number of anilines is 1. The molecule has 0 aromatic carbocycles. The first-order chi connectivity index (χ1) is 9.58. The van der Waals surface area contributed by atoms with Gasteiger partial charge in [0.2, 0.25) is 11.8 Å². The molecule has 0 bridgehead atoms. The van der Waals surface area contributed by atoms with Gasteiger partial charge in [-0.25, -0.2) is 9.78 Å². The van der Waals surface area contributed by atoms with Crippen LogP contribution in [0.3, 0.4) is 0 Å². The molecular weight excluding hydrogens is 282 g/mol. The molecular formula is C11H11N5O3S. The standard InChI is InChI=1S/C11H11N5O3S/c12-5-7-6-13-10(20-7)14-8(17)1-3-16-4-2-9(18)15-11(16)19/h6H,1-4H2,(H,13,14,17)(H,15,18,19). The van der Waals surface area contributed by atoms with Crippen molar-refractivity contribution in [2.75, 3.05) is 18.4 Å². The first-order valence-electron chi connectivity index (χ1n) is 5.83. The second-order valence-electron chi connectivity index (χ2n) is 4.03. The van der Waals surface area contributed by atoms with Crippen molar-refractivity contribution < 1.29 is 14.4 Å². The van der Waals surface area contributed by atoms with Crippen molar-refractivity contribution in [2.24, 2.45) is 0 Å². The van der Waals surface area contributed by atoms with Crippen molar-refractivity contribution in [1.29, 1.82) is 5.26 Å². The molecule has 2 rings (SSSR count). The molecule has 8 nitrogen and oxygen atoms in total. The number of urea groups is 1. The number of imide groups is 1. The maximum Gasteiger partial charge on any atom is 0.324 e. The molecule has 0 radical (unpaired) electrons. The predicted octanol–water partition coefficient (Wildman–Crippen LogP) is 0.285. The fourth-order valence-corrected chi connectivity index (χ4v) is 2.24. The largest absolute Gasteiger partial charge is 0.324 e. The summed E-state index contributed by atoms with van der Waals surface area (Å²) >= 11 is 1.08. The number of rotatable bonds is 4. The van der Waals surface area contributed by atoms with E-state index < -0.39 is 6.03 Å². The van der Waals surface area contributed by atoms with Gasteiger partial charge in [0, 0.05) is 25.9 Å². The molecule has 1 aromatic heterocycles. The fraction of sp³-hybridized carbons (Fsp3) is 0.364. The smallest absolute Gasteiger partial charge is 0.323 e. The zero-order valence-corrected chi connectivity index (χ0v) is 11.2. The molecule has 0 atom stereocenters. The Labute approximate surface area is 118 Å². The van der Waals surface area contributed by atoms with Crippen molar-refractivity contribution in [2.45, 2.75) is 12.8 Å². The minimum Gasteiger partial charge on any atom is -0.323 e. The van der Waals surface area contributed by atoms with Crippen LogP contribution in [0.15, 0.2) is 6.20 Å². The second-order valence-corrected chi connectivity index (χ2v) is 5.06. The minimum absolute atomic E-state index is 0.100. The number of carbonyl (C=O) groups excluding carboxylic acids is 3. The molecule has 4 amide bonds. The highest BCUT2D eigenvalue weighted by Gasteiger charge is 2.23. The van der Waals surface area contributed by atoms with Gasteiger partial charge in [0.15, 0.2) is 5.13 Å². The van der Waals surface area contributed by atoms with E-state index in [1.165, 1.54) is 11.1 Å². The second kappa shape index (κ2) is 6.12. The lowest BCUT2D eigenvalue weighted by Gasteiger charge is -2.26. The van der Waals surface area contributed by atoms with Crippen molar-refractivity contribution in [3.05, 3.63) is 11.1 Å². The Bertz CT molecular complexity index is 591. The number of aromatic nitrogens is 1. The first-order valence-corrected chi connectivity index (χ1v) is 6.64. The fourth-order valence-electron chi connectivity index (χ4n) is 1.61. The van der Waals surface area contributed by atoms with E-state index in [1.54, 1.807) is 0 Å². The maximum absolute atomic E-state index is 11.7. The zero-order valence-electron chi connectivity index (χ0n) is 10.4. The lowest BCUT2D eigenvalue weighted by Crippen LogP contribution is -2.50. The average Bonchev–Trinajstić information content (AvgIpc) is 2.85. The monoisotopic (exact) mass is 293 g/mol. The SMILES string of the molecule is N#Cc1cnc(NC(=O)CCN2CCC(=O)NC2=O)s1. The van der Waals surface area contributed by atoms with Gasteiger partial charge in [-0.1, -0.05) is 11.3 Å². The van der Waals surface area contributed by atoms with Crippen LogP contribution < -0.4 is 10.6 Å². The van der Waals surface area contributed by atoms with Crippen LogP contribution in [0.4, 0.5) is 9.93 Å². The van der Waals surface area contributed by atoms with E-state index in [2.05, 4.69) is 15.6 Å². The molecule has 20 heavy (non-hydrogen) atoms. The Hall–Kier alpha value is -2.47. The Morgan fingerprint density at radius 2 is 2.40 bits per heavy atom. The predicted molar refractivity (Wildman–Crippen MR) is 69.8 cm³/mol. The first kappa shape index (κ1) is 14.0. The third-order valence-electron chi connectivity index (χ3n) is 2.61. The third-order valence-corrected chi connectivity index (χ3v) is 3.43. The number of amides is 4. The Morgan fingerprint density at radius 3 is 3.05 bits per heavy atom. The number of hydrogen-bond acceptors (Lipinski definition) is 6. The Balaban J connectivity index is 1.79. The highest BCUT2D eigenvalue weighted by molar-refractivity contribution is 7.16. The van der Waals surface area contributed by atoms with Crippen LogP contribution in [0.5, 0.6) is 0 Å². The molecule has 0 saturated carbocycles. The maximum atomic E-state index is 11.7. The molecule has 9 heteroatoms. The molecule has 104 valence electrons. The lowest BCUT2D eigenvalue weighted by molar-refractivity contribution is -0.121. The number of nitrogens with zero attached hydrogens (tertiary/aromatic N) is 3. The number of nitriles is 1. The summed E-state index contributed by atoms with van der Waals surface area (Å²) < 4.78 is 0. The molecule has 1 fully saturated rings. The van der Waals surface area contributed by atoms with Crippen LogP contribution in [0.1, 0.15) is 17.7 Å². The summed E-state index contributed by atoms with van der Waals surface area (Å²) in [6.07, 6.45) is 1.72. The lowest BCUT2D eigenvalue weighted by atomic mass is 10.3. The summed E-state index contributed by atoms with van der Waals surface area (Å²) in [5.74, 6) is -0.601. The van der Waals surface area contributed by atoms with Gasteiger partial charge < -0.3 is 10.2 Å². The van der Waals surface area contributed by atoms with Crippen LogP contribution in [-0.2, 0) is 9.59 Å². The molecule has 1 saturated heterocycles. The van der Waals surface area contributed by atoms with Crippen molar-refractivity contribution in [3.63, 3.8) is 0 Å². The molecule has 2 N–H and O–H groups in total. The number of hydrogen-bond donors (Lipinski definition) is 2. The van der Waals surface area contributed by atoms with Gasteiger partial charge >= 0.3 is 6.03 Å². The van der Waals surface area contributed by atoms with Gasteiger partial charge in [-0.2, -0.15) is 5.26 Å². The zero-order chi connectivity index (χ0) is 14.5. The van der Waals surface area contributed by atoms with E-state index in [0.29, 0.717) is 16.6 Å². The van der Waals surface area contributed by atoms with Gasteiger partial charge in [-0.15, -0.1) is 0 Å². The van der Waals surface area contributed by atoms with Crippen LogP contribution in [0, 0.1) is 11.3 Å². The van der Waals surface area contributed by atoms with Gasteiger partial charge in [-0.05, 0) is 0 Å². The normalized spacial score (nSPS) is 14.7. The quantitative estimate of drug-likeness (QED) is 0.827. The highest BCUT2D eigenvalue weighted by atomic mass is 32.1. The van der Waals surface area contributed by atoms with E-state index in [-0.39, 0.29) is 31.2 Å². The average molecular weight is 293 g/mol. The summed E-state index contributed by atoms with van der Waals surface area (Å²) in [4.78, 5) is 39.8. The van der Waals surface area contributed by atoms with Crippen molar-refractivity contribution >= 4 is 34.3 Å². The summed E-state index contributed by atoms with van der Waals surface area (Å²) in [6, 6.07) is 1.45. The molecule has 1 aromatic rings. The van der Waals surface area contributed by atoms with Crippen molar-refractivity contribution in [1.82, 2.24) is 15.2 Å². The van der Waals surface area contributed by atoms with Crippen LogP contribution in [-0.4, -0.2) is 40.8 Å². The third kappa shape index (κ3) is 3.52. The Morgan fingerprint density at radius 1 is 1.60 bits per heavy atom. The van der Waals surface area contributed by atoms with Crippen LogP contribution >= 0.6 is 11.3 Å². The van der Waals surface area contributed by atoms with E-state index >= 15 is 0 Å². The topological polar surface area (TPSA) is 115 Å². The van der Waals surface area contributed by atoms with E-state index in [1.807, 2.05) is 6.07 Å². The van der Waals surface area contributed by atoms with Crippen molar-refractivity contribution in [3.8, 4) is 6.07 Å². The molecule has 1 aliphatic rings. The van der Waals surface area contributed by atoms with Crippen LogP contribution in [0.25, 0.3) is 0 Å². The molecule has 2 heterocycles. The minimum atomic E-state index is -0.477. The van der Waals surface area contributed by atoms with E-state index in [0.717, 1.165) is 11.3 Å². The van der Waals surface area contributed by atoms with E-state index in [4.69, 9.17) is 5.26 Å². The molecule has 0 spiro atoms. The molecule has 0 unspecified atom stereocenters. The van der Waals surface area contributed by atoms with Gasteiger partial charge in [0.1, 0.15) is 10.9 Å². The summed E-state index contributed by atoms with van der Waals surface area (Å²) in [5, 5.41) is 13.7.